The number of carbonyl (C=O) groups excluding carboxylic acids is 1. The van der Waals surface area contributed by atoms with Crippen LogP contribution >= 0.6 is 0 Å². The summed E-state index contributed by atoms with van der Waals surface area (Å²) >= 11 is 0. The summed E-state index contributed by atoms with van der Waals surface area (Å²) in [6, 6.07) is 13.3. The van der Waals surface area contributed by atoms with Crippen molar-refractivity contribution in [3.05, 3.63) is 53.6 Å². The maximum absolute atomic E-state index is 12.8. The molecule has 156 valence electrons. The van der Waals surface area contributed by atoms with E-state index in [0.717, 1.165) is 18.6 Å². The monoisotopic (exact) mass is 399 g/mol. The lowest BCUT2D eigenvalue weighted by molar-refractivity contribution is 0.0487. The van der Waals surface area contributed by atoms with Gasteiger partial charge in [0.1, 0.15) is 5.75 Å². The van der Waals surface area contributed by atoms with Gasteiger partial charge in [0.2, 0.25) is 0 Å². The van der Waals surface area contributed by atoms with Crippen LogP contribution in [0, 0.1) is 0 Å². The second-order valence-corrected chi connectivity index (χ2v) is 7.10. The summed E-state index contributed by atoms with van der Waals surface area (Å²) in [5.74, 6) is 1.87. The first-order chi connectivity index (χ1) is 14.1. The quantitative estimate of drug-likeness (QED) is 0.735. The molecular formula is C23H29NO5. The summed E-state index contributed by atoms with van der Waals surface area (Å²) in [6.45, 7) is 4.34. The van der Waals surface area contributed by atoms with E-state index < -0.39 is 0 Å². The van der Waals surface area contributed by atoms with Crippen LogP contribution in [0.1, 0.15) is 35.7 Å². The van der Waals surface area contributed by atoms with Crippen molar-refractivity contribution in [3.8, 4) is 17.2 Å². The summed E-state index contributed by atoms with van der Waals surface area (Å²) in [5, 5.41) is 3.12. The number of carbonyl (C=O) groups is 1. The highest BCUT2D eigenvalue weighted by Crippen LogP contribution is 2.35. The Morgan fingerprint density at radius 3 is 2.38 bits per heavy atom. The van der Waals surface area contributed by atoms with E-state index >= 15 is 0 Å². The van der Waals surface area contributed by atoms with Crippen molar-refractivity contribution in [2.24, 2.45) is 0 Å². The molecule has 0 atom stereocenters. The second-order valence-electron chi connectivity index (χ2n) is 7.10. The van der Waals surface area contributed by atoms with E-state index in [0.29, 0.717) is 43.4 Å². The topological polar surface area (TPSA) is 66.0 Å². The molecule has 1 amide bonds. The van der Waals surface area contributed by atoms with E-state index in [1.54, 1.807) is 32.4 Å². The molecule has 6 heteroatoms. The molecule has 1 fully saturated rings. The van der Waals surface area contributed by atoms with E-state index in [1.165, 1.54) is 5.56 Å². The predicted molar refractivity (Wildman–Crippen MR) is 111 cm³/mol. The van der Waals surface area contributed by atoms with Crippen LogP contribution < -0.4 is 19.5 Å². The predicted octanol–water partition coefficient (Wildman–Crippen LogP) is 3.58. The first kappa shape index (κ1) is 21.0. The molecule has 1 aliphatic heterocycles. The average molecular weight is 399 g/mol. The fraction of sp³-hybridized carbons (Fsp3) is 0.435. The molecule has 0 unspecified atom stereocenters. The molecule has 1 saturated heterocycles. The van der Waals surface area contributed by atoms with Crippen molar-refractivity contribution in [1.82, 2.24) is 5.32 Å². The fourth-order valence-corrected chi connectivity index (χ4v) is 3.71. The van der Waals surface area contributed by atoms with Crippen LogP contribution in [0.2, 0.25) is 0 Å². The Labute approximate surface area is 172 Å². The second kappa shape index (κ2) is 9.65. The Kier molecular flexibility index (Phi) is 6.99. The van der Waals surface area contributed by atoms with Crippen molar-refractivity contribution in [2.75, 3.05) is 40.6 Å². The van der Waals surface area contributed by atoms with E-state index in [9.17, 15) is 4.79 Å². The van der Waals surface area contributed by atoms with E-state index in [-0.39, 0.29) is 11.3 Å². The van der Waals surface area contributed by atoms with E-state index in [4.69, 9.17) is 18.9 Å². The van der Waals surface area contributed by atoms with Crippen molar-refractivity contribution < 1.29 is 23.7 Å². The molecule has 2 aromatic rings. The highest BCUT2D eigenvalue weighted by molar-refractivity contribution is 5.95. The van der Waals surface area contributed by atoms with Gasteiger partial charge in [0.05, 0.1) is 20.8 Å². The Morgan fingerprint density at radius 1 is 1.03 bits per heavy atom. The lowest BCUT2D eigenvalue weighted by Crippen LogP contribution is -2.44. The maximum Gasteiger partial charge on any atom is 0.251 e. The lowest BCUT2D eigenvalue weighted by Gasteiger charge is -2.38. The molecule has 2 aromatic carbocycles. The van der Waals surface area contributed by atoms with Gasteiger partial charge in [-0.2, -0.15) is 0 Å². The third-order valence-electron chi connectivity index (χ3n) is 5.47. The number of ether oxygens (including phenoxy) is 4. The van der Waals surface area contributed by atoms with Gasteiger partial charge in [0, 0.05) is 30.7 Å². The minimum absolute atomic E-state index is 0.134. The van der Waals surface area contributed by atoms with E-state index in [2.05, 4.69) is 17.4 Å². The van der Waals surface area contributed by atoms with Crippen LogP contribution in [0.25, 0.3) is 0 Å². The summed E-state index contributed by atoms with van der Waals surface area (Å²) < 4.78 is 21.7. The molecule has 0 radical (unpaired) electrons. The number of rotatable bonds is 8. The molecule has 0 bridgehead atoms. The molecule has 1 N–H and O–H groups in total. The molecular weight excluding hydrogens is 370 g/mol. The standard InChI is InChI=1S/C23H29NO5/c1-4-29-20-10-5-17(15-21(20)27-3)22(25)24-16-23(11-13-28-14-12-23)18-6-8-19(26-2)9-7-18/h5-10,15H,4,11-14,16H2,1-3H3,(H,24,25). The molecule has 0 spiro atoms. The SMILES string of the molecule is CCOc1ccc(C(=O)NCC2(c3ccc(OC)cc3)CCOCC2)cc1OC. The third-order valence-corrected chi connectivity index (χ3v) is 5.47. The van der Waals surface area contributed by atoms with Gasteiger partial charge in [-0.05, 0) is 55.7 Å². The Hall–Kier alpha value is -2.73. The molecule has 0 aliphatic carbocycles. The van der Waals surface area contributed by atoms with Gasteiger partial charge in [0.25, 0.3) is 5.91 Å². The number of hydrogen-bond acceptors (Lipinski definition) is 5. The van der Waals surface area contributed by atoms with Gasteiger partial charge in [-0.15, -0.1) is 0 Å². The minimum atomic E-state index is -0.157. The molecule has 0 aromatic heterocycles. The normalized spacial score (nSPS) is 15.4. The largest absolute Gasteiger partial charge is 0.497 e. The highest BCUT2D eigenvalue weighted by Gasteiger charge is 2.35. The average Bonchev–Trinajstić information content (AvgIpc) is 2.78. The van der Waals surface area contributed by atoms with E-state index in [1.807, 2.05) is 19.1 Å². The van der Waals surface area contributed by atoms with Gasteiger partial charge in [-0.3, -0.25) is 4.79 Å². The third kappa shape index (κ3) is 4.82. The van der Waals surface area contributed by atoms with Crippen LogP contribution in [-0.2, 0) is 10.2 Å². The number of amides is 1. The summed E-state index contributed by atoms with van der Waals surface area (Å²) in [7, 11) is 3.23. The summed E-state index contributed by atoms with van der Waals surface area (Å²) in [6.07, 6.45) is 1.71. The number of benzene rings is 2. The van der Waals surface area contributed by atoms with Crippen molar-refractivity contribution >= 4 is 5.91 Å². The number of methoxy groups -OCH3 is 2. The maximum atomic E-state index is 12.8. The van der Waals surface area contributed by atoms with Crippen LogP contribution in [0.15, 0.2) is 42.5 Å². The van der Waals surface area contributed by atoms with Gasteiger partial charge >= 0.3 is 0 Å². The molecule has 29 heavy (non-hydrogen) atoms. The lowest BCUT2D eigenvalue weighted by atomic mass is 9.74. The van der Waals surface area contributed by atoms with Crippen LogP contribution in [0.5, 0.6) is 17.2 Å². The first-order valence-electron chi connectivity index (χ1n) is 9.93. The number of nitrogens with one attached hydrogen (secondary N) is 1. The Balaban J connectivity index is 1.76. The van der Waals surface area contributed by atoms with Crippen molar-refractivity contribution in [1.29, 1.82) is 0 Å². The zero-order valence-corrected chi connectivity index (χ0v) is 17.3. The first-order valence-corrected chi connectivity index (χ1v) is 9.93. The minimum Gasteiger partial charge on any atom is -0.497 e. The smallest absolute Gasteiger partial charge is 0.251 e. The van der Waals surface area contributed by atoms with Gasteiger partial charge in [0.15, 0.2) is 11.5 Å². The van der Waals surface area contributed by atoms with Gasteiger partial charge < -0.3 is 24.3 Å². The van der Waals surface area contributed by atoms with Gasteiger partial charge in [-0.25, -0.2) is 0 Å². The summed E-state index contributed by atoms with van der Waals surface area (Å²) in [4.78, 5) is 12.8. The Morgan fingerprint density at radius 2 is 1.76 bits per heavy atom. The number of hydrogen-bond donors (Lipinski definition) is 1. The van der Waals surface area contributed by atoms with Crippen molar-refractivity contribution in [2.45, 2.75) is 25.2 Å². The molecule has 6 nitrogen and oxygen atoms in total. The van der Waals surface area contributed by atoms with Crippen LogP contribution in [0.3, 0.4) is 0 Å². The zero-order valence-electron chi connectivity index (χ0n) is 17.3. The zero-order chi connectivity index (χ0) is 20.7. The van der Waals surface area contributed by atoms with Gasteiger partial charge in [-0.1, -0.05) is 12.1 Å². The summed E-state index contributed by atoms with van der Waals surface area (Å²) in [5.41, 5.74) is 1.57. The molecule has 3 rings (SSSR count). The van der Waals surface area contributed by atoms with Crippen LogP contribution in [0.4, 0.5) is 0 Å². The molecule has 1 aliphatic rings. The van der Waals surface area contributed by atoms with Crippen LogP contribution in [-0.4, -0.2) is 46.5 Å². The highest BCUT2D eigenvalue weighted by atomic mass is 16.5. The molecule has 1 heterocycles. The fourth-order valence-electron chi connectivity index (χ4n) is 3.71. The van der Waals surface area contributed by atoms with Crippen molar-refractivity contribution in [3.63, 3.8) is 0 Å². The Bertz CT molecular complexity index is 813. The molecule has 0 saturated carbocycles.